The fourth-order valence-corrected chi connectivity index (χ4v) is 7.39. The molecule has 2 heteroatoms. The topological polar surface area (TPSA) is 3.24 Å². The maximum absolute atomic E-state index is 9.96. The quantitative estimate of drug-likeness (QED) is 0.173. The summed E-state index contributed by atoms with van der Waals surface area (Å²) >= 11 is 0.623. The molecule has 1 heterocycles. The van der Waals surface area contributed by atoms with Gasteiger partial charge in [0.25, 0.3) is 0 Å². The average Bonchev–Trinajstić information content (AvgIpc) is 4.11. The van der Waals surface area contributed by atoms with Crippen molar-refractivity contribution in [2.24, 2.45) is 0 Å². The van der Waals surface area contributed by atoms with Gasteiger partial charge in [-0.05, 0) is 91.5 Å². The minimum absolute atomic E-state index is 0.0968. The number of hydrogen-bond acceptors (Lipinski definition) is 2. The van der Waals surface area contributed by atoms with Crippen LogP contribution in [0.25, 0.3) is 64.3 Å². The van der Waals surface area contributed by atoms with Crippen LogP contribution in [-0.4, -0.2) is 0 Å². The highest BCUT2D eigenvalue weighted by Gasteiger charge is 2.35. The Morgan fingerprint density at radius 2 is 1.02 bits per heavy atom. The van der Waals surface area contributed by atoms with E-state index in [-0.39, 0.29) is 53.2 Å². The van der Waals surface area contributed by atoms with E-state index in [4.69, 9.17) is 23.3 Å². The molecule has 9 aromatic rings. The van der Waals surface area contributed by atoms with Crippen molar-refractivity contribution in [2.45, 2.75) is 19.3 Å². The number of anilines is 3. The number of benzene rings is 8. The molecule has 0 fully saturated rings. The van der Waals surface area contributed by atoms with Gasteiger partial charge in [0.2, 0.25) is 0 Å². The van der Waals surface area contributed by atoms with Gasteiger partial charge in [-0.2, -0.15) is 0 Å². The molecular weight excluding hydrogens is 635 g/mol. The lowest BCUT2D eigenvalue weighted by Gasteiger charge is -2.28. The Bertz CT molecular complexity index is 4360. The summed E-state index contributed by atoms with van der Waals surface area (Å²) < 4.78 is 262. The Morgan fingerprint density at radius 3 is 1.82 bits per heavy atom. The molecule has 0 saturated heterocycles. The average molecular weight is 699 g/mol. The van der Waals surface area contributed by atoms with Gasteiger partial charge in [0.1, 0.15) is 0 Å². The molecule has 51 heavy (non-hydrogen) atoms. The predicted molar refractivity (Wildman–Crippen MR) is 220 cm³/mol. The SMILES string of the molecule is [2H]c1c([2H])c([2H])c(-c2c([2H])c([2H])c(N(c3c([2H])c([2H])c(-c4c([2H])c([2H])c([2H])c5c4sc4c6c([2H])c([2H])c([2H])c([2H])c6c([2H])c([2H])c45)c([2H])c3[2H])c3c([2H])c([2H])c4c(c3[2H])C(C)(C)c3c([2H])c([2H])c([2H])c([2H])c3-4)c([2H])c2[2H])c([2H])c1[2H]. The Morgan fingerprint density at radius 1 is 0.431 bits per heavy atom. The van der Waals surface area contributed by atoms with E-state index in [2.05, 4.69) is 0 Å². The van der Waals surface area contributed by atoms with E-state index in [0.29, 0.717) is 16.2 Å². The summed E-state index contributed by atoms with van der Waals surface area (Å²) in [6.07, 6.45) is 0. The van der Waals surface area contributed by atoms with Gasteiger partial charge in [-0.25, -0.2) is 0 Å². The van der Waals surface area contributed by atoms with Gasteiger partial charge in [-0.15, -0.1) is 11.3 Å². The number of thiophene rings is 1. The lowest BCUT2D eigenvalue weighted by molar-refractivity contribution is 0.660. The van der Waals surface area contributed by atoms with Crippen molar-refractivity contribution in [3.63, 3.8) is 0 Å². The Labute approximate surface area is 343 Å². The Kier molecular flexibility index (Phi) is 2.87. The second-order valence-corrected chi connectivity index (χ2v) is 12.9. The standard InChI is InChI=1S/C49H35NS/c1-49(2)45-18-9-8-15-41(45)42-30-28-38(31-46(42)49)50(36-24-19-33(20-25-36)32-11-4-3-5-12-32)37-26-21-35(22-27-37)40-16-10-17-43-44-29-23-34-13-6-7-14-39(34)48(44)51-47(40)43/h3-31H,1-2H3/i3D,4D,5D,6D,7D,8D,9D,10D,11D,12D,13D,14D,15D,16D,17D,18D,19D,20D,21D,22D,23D,24D,25D,26D,27D,28D,29D,30D,31D. The van der Waals surface area contributed by atoms with E-state index in [9.17, 15) is 16.4 Å². The van der Waals surface area contributed by atoms with Gasteiger partial charge in [0.05, 0.1) is 39.8 Å². The van der Waals surface area contributed by atoms with E-state index >= 15 is 0 Å². The second kappa shape index (κ2) is 11.6. The molecule has 0 saturated carbocycles. The summed E-state index contributed by atoms with van der Waals surface area (Å²) in [6.45, 7) is 2.90. The zero-order valence-corrected chi connectivity index (χ0v) is 27.2. The summed E-state index contributed by atoms with van der Waals surface area (Å²) in [5.41, 5.74) is -8.44. The number of fused-ring (bicyclic) bond motifs is 8. The van der Waals surface area contributed by atoms with Crippen LogP contribution in [0.2, 0.25) is 0 Å². The van der Waals surface area contributed by atoms with Gasteiger partial charge < -0.3 is 4.90 Å². The minimum atomic E-state index is -1.65. The maximum Gasteiger partial charge on any atom is 0.0648 e. The van der Waals surface area contributed by atoms with Crippen LogP contribution in [-0.2, 0) is 5.41 Å². The molecule has 0 spiro atoms. The Hall–Kier alpha value is -5.96. The third-order valence-corrected chi connectivity index (χ3v) is 9.84. The first kappa shape index (κ1) is 12.7. The van der Waals surface area contributed by atoms with Crippen LogP contribution in [0.5, 0.6) is 0 Å². The highest BCUT2D eigenvalue weighted by Crippen LogP contribution is 2.51. The van der Waals surface area contributed by atoms with Crippen LogP contribution in [0.3, 0.4) is 0 Å². The van der Waals surface area contributed by atoms with E-state index in [1.54, 1.807) is 0 Å². The van der Waals surface area contributed by atoms with Crippen molar-refractivity contribution >= 4 is 59.3 Å². The minimum Gasteiger partial charge on any atom is -0.310 e. The van der Waals surface area contributed by atoms with Crippen molar-refractivity contribution in [3.05, 3.63) is 186 Å². The summed E-state index contributed by atoms with van der Waals surface area (Å²) in [5.74, 6) is 0. The largest absolute Gasteiger partial charge is 0.310 e. The molecule has 1 nitrogen and oxygen atoms in total. The molecule has 1 aromatic heterocycles. The first-order valence-corrected chi connectivity index (χ1v) is 16.1. The van der Waals surface area contributed by atoms with Crippen molar-refractivity contribution in [1.82, 2.24) is 0 Å². The molecule has 0 bridgehead atoms. The highest BCUT2D eigenvalue weighted by molar-refractivity contribution is 7.27. The first-order valence-electron chi connectivity index (χ1n) is 29.8. The number of hydrogen-bond donors (Lipinski definition) is 0. The molecular formula is C49H35NS. The van der Waals surface area contributed by atoms with E-state index in [1.807, 2.05) is 0 Å². The predicted octanol–water partition coefficient (Wildman–Crippen LogP) is 14.3. The fraction of sp³-hybridized carbons (Fsp3) is 0.0612. The zero-order chi connectivity index (χ0) is 59.3. The third-order valence-electron chi connectivity index (χ3n) is 8.62. The third kappa shape index (κ3) is 4.75. The van der Waals surface area contributed by atoms with Crippen LogP contribution in [0.15, 0.2) is 175 Å². The molecule has 1 aliphatic rings. The maximum atomic E-state index is 9.96. The molecule has 0 atom stereocenters. The van der Waals surface area contributed by atoms with Gasteiger partial charge in [0.15, 0.2) is 0 Å². The van der Waals surface area contributed by atoms with Crippen LogP contribution >= 0.6 is 11.3 Å². The van der Waals surface area contributed by atoms with Crippen LogP contribution in [0.1, 0.15) is 64.7 Å². The molecule has 0 unspecified atom stereocenters. The zero-order valence-electron chi connectivity index (χ0n) is 55.4. The van der Waals surface area contributed by atoms with Crippen molar-refractivity contribution < 1.29 is 39.8 Å². The van der Waals surface area contributed by atoms with Crippen molar-refractivity contribution in [2.75, 3.05) is 4.90 Å². The molecule has 242 valence electrons. The molecule has 0 radical (unpaired) electrons. The molecule has 0 amide bonds. The molecule has 0 N–H and O–H groups in total. The summed E-state index contributed by atoms with van der Waals surface area (Å²) in [5, 5.41) is -1.20. The molecule has 0 aliphatic heterocycles. The van der Waals surface area contributed by atoms with Gasteiger partial charge in [-0.1, -0.05) is 153 Å². The van der Waals surface area contributed by atoms with Gasteiger partial charge >= 0.3 is 0 Å². The summed E-state index contributed by atoms with van der Waals surface area (Å²) in [7, 11) is 0. The van der Waals surface area contributed by atoms with Crippen LogP contribution in [0.4, 0.5) is 17.1 Å². The lowest BCUT2D eigenvalue weighted by atomic mass is 9.82. The van der Waals surface area contributed by atoms with E-state index < -0.39 is 220 Å². The lowest BCUT2D eigenvalue weighted by Crippen LogP contribution is -2.16. The van der Waals surface area contributed by atoms with Crippen molar-refractivity contribution in [1.29, 1.82) is 0 Å². The van der Waals surface area contributed by atoms with Crippen molar-refractivity contribution in [3.8, 4) is 33.4 Å². The van der Waals surface area contributed by atoms with E-state index in [1.165, 1.54) is 13.8 Å². The fourth-order valence-electron chi connectivity index (χ4n) is 6.17. The number of rotatable bonds is 5. The Balaban J connectivity index is 1.37. The normalized spacial score (nSPS) is 21.0. The second-order valence-electron chi connectivity index (χ2n) is 11.9. The molecule has 10 rings (SSSR count). The van der Waals surface area contributed by atoms with E-state index in [0.717, 1.165) is 0 Å². The monoisotopic (exact) mass is 698 g/mol. The van der Waals surface area contributed by atoms with Crippen LogP contribution < -0.4 is 4.90 Å². The first-order chi connectivity index (χ1) is 37.1. The number of nitrogens with zero attached hydrogens (tertiary/aromatic N) is 1. The molecule has 8 aromatic carbocycles. The summed E-state index contributed by atoms with van der Waals surface area (Å²) in [4.78, 5) is 0.495. The van der Waals surface area contributed by atoms with Crippen LogP contribution in [0, 0.1) is 0 Å². The van der Waals surface area contributed by atoms with Gasteiger partial charge in [0, 0.05) is 42.6 Å². The highest BCUT2D eigenvalue weighted by atomic mass is 32.1. The smallest absolute Gasteiger partial charge is 0.0648 e. The summed E-state index contributed by atoms with van der Waals surface area (Å²) in [6, 6.07) is -25.3. The molecule has 1 aliphatic carbocycles. The van der Waals surface area contributed by atoms with Gasteiger partial charge in [-0.3, -0.25) is 0 Å².